The SMILES string of the molecule is C=CCN(C[C@H]1C[C@@H](c2ccc(CO)cc2)O[C@@H](c2ccc(-c3cccc(CNS(=O)(=O)c4ccccc4)c3)cc2)O1)C1CCCC1. The molecule has 3 atom stereocenters. The van der Waals surface area contributed by atoms with Crippen LogP contribution in [0.1, 0.15) is 66.8 Å². The average molecular weight is 653 g/mol. The second kappa shape index (κ2) is 15.5. The summed E-state index contributed by atoms with van der Waals surface area (Å²) in [5.74, 6) is 0. The van der Waals surface area contributed by atoms with E-state index >= 15 is 0 Å². The summed E-state index contributed by atoms with van der Waals surface area (Å²) in [4.78, 5) is 2.77. The minimum atomic E-state index is -3.60. The molecular formula is C39H44N2O5S. The summed E-state index contributed by atoms with van der Waals surface area (Å²) in [7, 11) is -3.60. The van der Waals surface area contributed by atoms with E-state index in [2.05, 4.69) is 40.5 Å². The van der Waals surface area contributed by atoms with Crippen LogP contribution in [0.15, 0.2) is 121 Å². The molecule has 1 aliphatic carbocycles. The van der Waals surface area contributed by atoms with Gasteiger partial charge in [-0.1, -0.05) is 104 Å². The smallest absolute Gasteiger partial charge is 0.240 e. The summed E-state index contributed by atoms with van der Waals surface area (Å²) in [6.45, 7) is 5.89. The number of aliphatic hydroxyl groups is 1. The van der Waals surface area contributed by atoms with Gasteiger partial charge in [0.15, 0.2) is 6.29 Å². The van der Waals surface area contributed by atoms with Gasteiger partial charge in [0.2, 0.25) is 10.0 Å². The highest BCUT2D eigenvalue weighted by atomic mass is 32.2. The Kier molecular flexibility index (Phi) is 11.0. The monoisotopic (exact) mass is 652 g/mol. The Morgan fingerprint density at radius 3 is 2.26 bits per heavy atom. The Morgan fingerprint density at radius 1 is 0.830 bits per heavy atom. The van der Waals surface area contributed by atoms with Crippen molar-refractivity contribution in [2.45, 2.75) is 74.7 Å². The third kappa shape index (κ3) is 8.46. The molecule has 7 nitrogen and oxygen atoms in total. The fraction of sp³-hybridized carbons (Fsp3) is 0.333. The number of hydrogen-bond donors (Lipinski definition) is 2. The lowest BCUT2D eigenvalue weighted by Gasteiger charge is -2.39. The molecule has 47 heavy (non-hydrogen) atoms. The molecule has 0 unspecified atom stereocenters. The van der Waals surface area contributed by atoms with E-state index in [9.17, 15) is 13.5 Å². The lowest BCUT2D eigenvalue weighted by atomic mass is 9.98. The van der Waals surface area contributed by atoms with Gasteiger partial charge in [0, 0.05) is 37.7 Å². The summed E-state index contributed by atoms with van der Waals surface area (Å²) in [6, 6.07) is 33.1. The van der Waals surface area contributed by atoms with Gasteiger partial charge in [-0.2, -0.15) is 0 Å². The Hall–Kier alpha value is -3.63. The molecule has 2 aliphatic rings. The minimum absolute atomic E-state index is 0.0105. The number of aliphatic hydroxyl groups excluding tert-OH is 1. The van der Waals surface area contributed by atoms with Crippen molar-refractivity contribution >= 4 is 10.0 Å². The van der Waals surface area contributed by atoms with Crippen molar-refractivity contribution < 1.29 is 23.0 Å². The van der Waals surface area contributed by atoms with Gasteiger partial charge >= 0.3 is 0 Å². The summed E-state index contributed by atoms with van der Waals surface area (Å²) in [6.07, 6.45) is 7.02. The number of nitrogens with zero attached hydrogens (tertiary/aromatic N) is 1. The summed E-state index contributed by atoms with van der Waals surface area (Å²) in [5.41, 5.74) is 5.78. The van der Waals surface area contributed by atoms with E-state index < -0.39 is 16.3 Å². The summed E-state index contributed by atoms with van der Waals surface area (Å²) < 4.78 is 41.4. The standard InChI is InChI=1S/C39H44N2O5S/c1-2-23-41(35-11-6-7-12-35)27-36-25-38(32-17-15-29(28-42)16-18-32)46-39(45-36)33-21-19-31(20-22-33)34-10-8-9-30(24-34)26-40-47(43,44)37-13-4-3-5-14-37/h2-5,8-10,13-22,24,35-36,38-40,42H,1,6-7,11-12,23,25-28H2/t36-,38+,39+/m1/s1. The minimum Gasteiger partial charge on any atom is -0.392 e. The first-order valence-electron chi connectivity index (χ1n) is 16.5. The quantitative estimate of drug-likeness (QED) is 0.147. The Labute approximate surface area is 278 Å². The second-order valence-electron chi connectivity index (χ2n) is 12.5. The first-order valence-corrected chi connectivity index (χ1v) is 18.0. The number of rotatable bonds is 13. The van der Waals surface area contributed by atoms with Crippen LogP contribution in [0.4, 0.5) is 0 Å². The third-order valence-corrected chi connectivity index (χ3v) is 10.6. The van der Waals surface area contributed by atoms with E-state index in [1.807, 2.05) is 54.6 Å². The zero-order chi connectivity index (χ0) is 32.6. The van der Waals surface area contributed by atoms with E-state index in [-0.39, 0.29) is 30.3 Å². The Morgan fingerprint density at radius 2 is 1.55 bits per heavy atom. The number of nitrogens with one attached hydrogen (secondary N) is 1. The molecule has 2 N–H and O–H groups in total. The molecule has 1 heterocycles. The third-order valence-electron chi connectivity index (χ3n) is 9.22. The highest BCUT2D eigenvalue weighted by Crippen LogP contribution is 2.39. The lowest BCUT2D eigenvalue weighted by Crippen LogP contribution is -2.43. The first-order chi connectivity index (χ1) is 22.9. The number of sulfonamides is 1. The van der Waals surface area contributed by atoms with Gasteiger partial charge in [0.05, 0.1) is 23.7 Å². The molecule has 1 saturated carbocycles. The van der Waals surface area contributed by atoms with Crippen LogP contribution in [-0.2, 0) is 32.6 Å². The van der Waals surface area contributed by atoms with Gasteiger partial charge in [0.1, 0.15) is 0 Å². The molecule has 1 aliphatic heterocycles. The highest BCUT2D eigenvalue weighted by Gasteiger charge is 2.34. The topological polar surface area (TPSA) is 88.1 Å². The van der Waals surface area contributed by atoms with E-state index in [0.717, 1.165) is 52.9 Å². The van der Waals surface area contributed by atoms with Gasteiger partial charge in [-0.05, 0) is 58.9 Å². The van der Waals surface area contributed by atoms with Gasteiger partial charge in [-0.15, -0.1) is 6.58 Å². The highest BCUT2D eigenvalue weighted by molar-refractivity contribution is 7.89. The Bertz CT molecular complexity index is 1700. The molecule has 0 bridgehead atoms. The average Bonchev–Trinajstić information content (AvgIpc) is 3.67. The van der Waals surface area contributed by atoms with Crippen molar-refractivity contribution in [2.24, 2.45) is 0 Å². The lowest BCUT2D eigenvalue weighted by molar-refractivity contribution is -0.253. The number of benzene rings is 4. The molecule has 0 aromatic heterocycles. The van der Waals surface area contributed by atoms with Crippen LogP contribution in [0.25, 0.3) is 11.1 Å². The van der Waals surface area contributed by atoms with E-state index in [0.29, 0.717) is 6.04 Å². The molecule has 2 fully saturated rings. The van der Waals surface area contributed by atoms with E-state index in [1.54, 1.807) is 30.3 Å². The largest absolute Gasteiger partial charge is 0.392 e. The number of hydrogen-bond acceptors (Lipinski definition) is 6. The van der Waals surface area contributed by atoms with Crippen molar-refractivity contribution in [1.82, 2.24) is 9.62 Å². The maximum absolute atomic E-state index is 12.7. The molecular weight excluding hydrogens is 609 g/mol. The zero-order valence-corrected chi connectivity index (χ0v) is 27.5. The van der Waals surface area contributed by atoms with Crippen LogP contribution in [0.5, 0.6) is 0 Å². The van der Waals surface area contributed by atoms with Crippen LogP contribution in [0.2, 0.25) is 0 Å². The zero-order valence-electron chi connectivity index (χ0n) is 26.7. The predicted octanol–water partition coefficient (Wildman–Crippen LogP) is 7.30. The maximum atomic E-state index is 12.7. The molecule has 0 amide bonds. The fourth-order valence-corrected chi connectivity index (χ4v) is 7.70. The molecule has 4 aromatic rings. The molecule has 0 spiro atoms. The molecule has 1 saturated heterocycles. The number of ether oxygens (including phenoxy) is 2. The van der Waals surface area contributed by atoms with Gasteiger partial charge in [0.25, 0.3) is 0 Å². The first kappa shape index (κ1) is 33.3. The van der Waals surface area contributed by atoms with Crippen molar-refractivity contribution in [1.29, 1.82) is 0 Å². The van der Waals surface area contributed by atoms with E-state index in [1.165, 1.54) is 25.7 Å². The van der Waals surface area contributed by atoms with E-state index in [4.69, 9.17) is 9.47 Å². The normalized spacial score (nSPS) is 20.4. The molecule has 8 heteroatoms. The van der Waals surface area contributed by atoms with Crippen LogP contribution >= 0.6 is 0 Å². The Balaban J connectivity index is 1.18. The maximum Gasteiger partial charge on any atom is 0.240 e. The van der Waals surface area contributed by atoms with Crippen LogP contribution < -0.4 is 4.72 Å². The predicted molar refractivity (Wildman–Crippen MR) is 185 cm³/mol. The van der Waals surface area contributed by atoms with Gasteiger partial charge in [-0.3, -0.25) is 4.90 Å². The van der Waals surface area contributed by atoms with Gasteiger partial charge < -0.3 is 14.6 Å². The molecule has 4 aromatic carbocycles. The van der Waals surface area contributed by atoms with Crippen molar-refractivity contribution in [3.63, 3.8) is 0 Å². The summed E-state index contributed by atoms with van der Waals surface area (Å²) in [5, 5.41) is 9.55. The van der Waals surface area contributed by atoms with Crippen molar-refractivity contribution in [3.8, 4) is 11.1 Å². The van der Waals surface area contributed by atoms with Gasteiger partial charge in [-0.25, -0.2) is 13.1 Å². The van der Waals surface area contributed by atoms with Crippen molar-refractivity contribution in [2.75, 3.05) is 13.1 Å². The second-order valence-corrected chi connectivity index (χ2v) is 14.3. The molecule has 6 rings (SSSR count). The fourth-order valence-electron chi connectivity index (χ4n) is 6.66. The van der Waals surface area contributed by atoms with Crippen LogP contribution in [0, 0.1) is 0 Å². The molecule has 246 valence electrons. The van der Waals surface area contributed by atoms with Crippen LogP contribution in [-0.4, -0.2) is 43.7 Å². The van der Waals surface area contributed by atoms with Crippen LogP contribution in [0.3, 0.4) is 0 Å². The molecule has 0 radical (unpaired) electrons. The van der Waals surface area contributed by atoms with Crippen molar-refractivity contribution in [3.05, 3.63) is 138 Å². The summed E-state index contributed by atoms with van der Waals surface area (Å²) >= 11 is 0.